The topological polar surface area (TPSA) is 80.0 Å². The van der Waals surface area contributed by atoms with E-state index in [2.05, 4.69) is 0 Å². The van der Waals surface area contributed by atoms with Crippen LogP contribution in [0.4, 0.5) is 10.1 Å². The summed E-state index contributed by atoms with van der Waals surface area (Å²) in [5.41, 5.74) is 2.18. The van der Waals surface area contributed by atoms with Crippen LogP contribution in [0.1, 0.15) is 27.7 Å². The molecule has 2 heterocycles. The van der Waals surface area contributed by atoms with E-state index in [4.69, 9.17) is 9.15 Å². The second-order valence-electron chi connectivity index (χ2n) is 8.05. The fraction of sp³-hybridized carbons (Fsp3) is 0.111. The fourth-order valence-electron chi connectivity index (χ4n) is 4.21. The average Bonchev–Trinajstić information content (AvgIpc) is 3.39. The summed E-state index contributed by atoms with van der Waals surface area (Å²) in [6.45, 7) is 1.91. The molecule has 1 N–H and O–H groups in total. The number of carbonyl (C=O) groups excluding carboxylic acids is 2. The molecule has 34 heavy (non-hydrogen) atoms. The Morgan fingerprint density at radius 1 is 1.06 bits per heavy atom. The van der Waals surface area contributed by atoms with Crippen molar-refractivity contribution in [2.45, 2.75) is 13.0 Å². The van der Waals surface area contributed by atoms with Gasteiger partial charge in [0.15, 0.2) is 22.9 Å². The lowest BCUT2D eigenvalue weighted by molar-refractivity contribution is -0.117. The molecule has 7 heteroatoms. The van der Waals surface area contributed by atoms with Crippen LogP contribution in [0.5, 0.6) is 5.75 Å². The van der Waals surface area contributed by atoms with Gasteiger partial charge in [-0.15, -0.1) is 0 Å². The van der Waals surface area contributed by atoms with Crippen LogP contribution < -0.4 is 9.64 Å². The number of aliphatic hydroxyl groups excluding tert-OH is 1. The summed E-state index contributed by atoms with van der Waals surface area (Å²) >= 11 is 0. The lowest BCUT2D eigenvalue weighted by Crippen LogP contribution is -2.31. The molecule has 0 aliphatic carbocycles. The lowest BCUT2D eigenvalue weighted by Gasteiger charge is -2.27. The number of nitrogens with zero attached hydrogens (tertiary/aromatic N) is 1. The minimum absolute atomic E-state index is 0.0493. The van der Waals surface area contributed by atoms with E-state index in [1.165, 1.54) is 36.3 Å². The van der Waals surface area contributed by atoms with Crippen molar-refractivity contribution in [2.24, 2.45) is 0 Å². The first-order valence-corrected chi connectivity index (χ1v) is 10.6. The Morgan fingerprint density at radius 3 is 2.44 bits per heavy atom. The van der Waals surface area contributed by atoms with E-state index in [0.717, 1.165) is 5.56 Å². The second kappa shape index (κ2) is 8.19. The number of carbonyl (C=O) groups is 2. The molecule has 0 saturated carbocycles. The number of hydrogen-bond donors (Lipinski definition) is 1. The van der Waals surface area contributed by atoms with E-state index in [9.17, 15) is 19.1 Å². The SMILES string of the molecule is COc1cccc2cc(C(=O)C3=C(O)C(=O)N(c4ccc(C)cc4)C3c3ccc(F)cc3)oc12. The first-order chi connectivity index (χ1) is 16.4. The summed E-state index contributed by atoms with van der Waals surface area (Å²) in [4.78, 5) is 28.2. The Kier molecular flexibility index (Phi) is 5.17. The van der Waals surface area contributed by atoms with Crippen molar-refractivity contribution in [3.8, 4) is 5.75 Å². The van der Waals surface area contributed by atoms with Crippen LogP contribution >= 0.6 is 0 Å². The Hall–Kier alpha value is -4.39. The minimum atomic E-state index is -0.974. The van der Waals surface area contributed by atoms with Crippen molar-refractivity contribution >= 4 is 28.3 Å². The summed E-state index contributed by atoms with van der Waals surface area (Å²) in [5, 5.41) is 11.5. The summed E-state index contributed by atoms with van der Waals surface area (Å²) in [6, 6.07) is 18.4. The number of benzene rings is 3. The van der Waals surface area contributed by atoms with Crippen LogP contribution in [-0.4, -0.2) is 23.9 Å². The van der Waals surface area contributed by atoms with Crippen molar-refractivity contribution in [3.63, 3.8) is 0 Å². The van der Waals surface area contributed by atoms with E-state index in [1.807, 2.05) is 19.1 Å². The molecular weight excluding hydrogens is 437 g/mol. The number of anilines is 1. The van der Waals surface area contributed by atoms with Gasteiger partial charge >= 0.3 is 0 Å². The number of Topliss-reactive ketones (excluding diaryl/α,β-unsaturated/α-hetero) is 1. The summed E-state index contributed by atoms with van der Waals surface area (Å²) in [7, 11) is 1.49. The minimum Gasteiger partial charge on any atom is -0.503 e. The molecule has 1 aromatic heterocycles. The van der Waals surface area contributed by atoms with E-state index in [0.29, 0.717) is 28.0 Å². The number of rotatable bonds is 5. The predicted molar refractivity (Wildman–Crippen MR) is 125 cm³/mol. The highest BCUT2D eigenvalue weighted by Crippen LogP contribution is 2.42. The molecule has 0 radical (unpaired) electrons. The highest BCUT2D eigenvalue weighted by atomic mass is 19.1. The number of aliphatic hydroxyl groups is 1. The first kappa shape index (κ1) is 21.5. The van der Waals surface area contributed by atoms with Crippen molar-refractivity contribution < 1.29 is 28.2 Å². The maximum Gasteiger partial charge on any atom is 0.294 e. The Bertz CT molecular complexity index is 1450. The monoisotopic (exact) mass is 457 g/mol. The quantitative estimate of drug-likeness (QED) is 0.391. The zero-order valence-corrected chi connectivity index (χ0v) is 18.4. The van der Waals surface area contributed by atoms with E-state index < -0.39 is 29.3 Å². The van der Waals surface area contributed by atoms with Crippen LogP contribution in [-0.2, 0) is 4.79 Å². The number of para-hydroxylation sites is 1. The van der Waals surface area contributed by atoms with E-state index in [1.54, 1.807) is 36.4 Å². The van der Waals surface area contributed by atoms with Gasteiger partial charge in [-0.3, -0.25) is 14.5 Å². The number of ketones is 1. The molecule has 1 amide bonds. The molecule has 3 aromatic carbocycles. The van der Waals surface area contributed by atoms with Gasteiger partial charge in [-0.05, 0) is 48.9 Å². The molecule has 0 fully saturated rings. The third-order valence-corrected chi connectivity index (χ3v) is 5.90. The zero-order chi connectivity index (χ0) is 24.0. The van der Waals surface area contributed by atoms with Gasteiger partial charge in [-0.1, -0.05) is 42.0 Å². The number of halogens is 1. The summed E-state index contributed by atoms with van der Waals surface area (Å²) in [5.74, 6) is -2.10. The molecule has 1 aliphatic heterocycles. The Labute approximate surface area is 194 Å². The van der Waals surface area contributed by atoms with Crippen molar-refractivity contribution in [3.05, 3.63) is 107 Å². The van der Waals surface area contributed by atoms with Gasteiger partial charge in [0.1, 0.15) is 5.82 Å². The molecule has 170 valence electrons. The molecule has 1 atom stereocenters. The standard InChI is InChI=1S/C27H20FNO5/c1-15-6-12-19(13-7-15)29-23(16-8-10-18(28)11-9-16)22(25(31)27(29)32)24(30)21-14-17-4-3-5-20(33-2)26(17)34-21/h3-14,23,31H,1-2H3. The number of ether oxygens (including phenoxy) is 1. The van der Waals surface area contributed by atoms with Crippen LogP contribution in [0.25, 0.3) is 11.0 Å². The molecule has 4 aromatic rings. The van der Waals surface area contributed by atoms with Crippen LogP contribution in [0.3, 0.4) is 0 Å². The summed E-state index contributed by atoms with van der Waals surface area (Å²) < 4.78 is 24.8. The highest BCUT2D eigenvalue weighted by Gasteiger charge is 2.45. The molecule has 0 bridgehead atoms. The van der Waals surface area contributed by atoms with Crippen LogP contribution in [0.2, 0.25) is 0 Å². The van der Waals surface area contributed by atoms with Crippen LogP contribution in [0, 0.1) is 12.7 Å². The lowest BCUT2D eigenvalue weighted by atomic mass is 9.94. The van der Waals surface area contributed by atoms with Gasteiger partial charge < -0.3 is 14.3 Å². The van der Waals surface area contributed by atoms with Gasteiger partial charge in [0.05, 0.1) is 18.7 Å². The number of hydrogen-bond acceptors (Lipinski definition) is 5. The predicted octanol–water partition coefficient (Wildman–Crippen LogP) is 5.67. The number of furan rings is 1. The first-order valence-electron chi connectivity index (χ1n) is 10.6. The smallest absolute Gasteiger partial charge is 0.294 e. The molecule has 0 spiro atoms. The number of methoxy groups -OCH3 is 1. The molecule has 5 rings (SSSR count). The number of fused-ring (bicyclic) bond motifs is 1. The maximum atomic E-state index is 13.7. The van der Waals surface area contributed by atoms with Crippen molar-refractivity contribution in [2.75, 3.05) is 12.0 Å². The number of amides is 1. The van der Waals surface area contributed by atoms with Crippen molar-refractivity contribution in [1.82, 2.24) is 0 Å². The second-order valence-corrected chi connectivity index (χ2v) is 8.05. The largest absolute Gasteiger partial charge is 0.503 e. The molecule has 1 aliphatic rings. The van der Waals surface area contributed by atoms with Gasteiger partial charge in [0.2, 0.25) is 5.78 Å². The van der Waals surface area contributed by atoms with Crippen molar-refractivity contribution in [1.29, 1.82) is 0 Å². The van der Waals surface area contributed by atoms with Crippen LogP contribution in [0.15, 0.2) is 88.5 Å². The van der Waals surface area contributed by atoms with Gasteiger partial charge in [0, 0.05) is 11.1 Å². The van der Waals surface area contributed by atoms with Gasteiger partial charge in [-0.2, -0.15) is 0 Å². The molecule has 6 nitrogen and oxygen atoms in total. The third kappa shape index (κ3) is 3.42. The Morgan fingerprint density at radius 2 is 1.76 bits per heavy atom. The van der Waals surface area contributed by atoms with Gasteiger partial charge in [-0.25, -0.2) is 4.39 Å². The fourth-order valence-corrected chi connectivity index (χ4v) is 4.21. The van der Waals surface area contributed by atoms with E-state index in [-0.39, 0.29) is 11.3 Å². The molecular formula is C27H20FNO5. The molecule has 0 saturated heterocycles. The average molecular weight is 457 g/mol. The zero-order valence-electron chi connectivity index (χ0n) is 18.4. The highest BCUT2D eigenvalue weighted by molar-refractivity contribution is 6.20. The van der Waals surface area contributed by atoms with Gasteiger partial charge in [0.25, 0.3) is 5.91 Å². The molecule has 1 unspecified atom stereocenters. The summed E-state index contributed by atoms with van der Waals surface area (Å²) in [6.07, 6.45) is 0. The number of aryl methyl sites for hydroxylation is 1. The third-order valence-electron chi connectivity index (χ3n) is 5.90. The maximum absolute atomic E-state index is 13.7. The normalized spacial score (nSPS) is 15.9. The van der Waals surface area contributed by atoms with E-state index >= 15 is 0 Å². The Balaban J connectivity index is 1.66.